The number of furan rings is 1. The number of hydrogen-bond acceptors (Lipinski definition) is 7. The Balaban J connectivity index is 1.53. The van der Waals surface area contributed by atoms with Gasteiger partial charge in [-0.1, -0.05) is 18.2 Å². The zero-order chi connectivity index (χ0) is 21.2. The lowest BCUT2D eigenvalue weighted by Crippen LogP contribution is -2.46. The van der Waals surface area contributed by atoms with Gasteiger partial charge in [0.05, 0.1) is 17.5 Å². The van der Waals surface area contributed by atoms with E-state index in [9.17, 15) is 9.59 Å². The summed E-state index contributed by atoms with van der Waals surface area (Å²) in [7, 11) is 0. The fourth-order valence-corrected chi connectivity index (χ4v) is 4.21. The van der Waals surface area contributed by atoms with E-state index in [2.05, 4.69) is 10.2 Å². The molecular weight excluding hydrogens is 394 g/mol. The molecule has 1 N–H and O–H groups in total. The average Bonchev–Trinajstić information content (AvgIpc) is 3.34. The first kappa shape index (κ1) is 19.3. The number of rotatable bonds is 5. The molecule has 1 fully saturated rings. The van der Waals surface area contributed by atoms with Crippen molar-refractivity contribution >= 4 is 29.6 Å². The number of amides is 1. The monoisotopic (exact) mass is 417 g/mol. The summed E-state index contributed by atoms with van der Waals surface area (Å²) in [5.74, 6) is 1.89. The van der Waals surface area contributed by atoms with Crippen LogP contribution in [0.1, 0.15) is 34.2 Å². The summed E-state index contributed by atoms with van der Waals surface area (Å²) in [6, 6.07) is 13.4. The fourth-order valence-electron chi connectivity index (χ4n) is 4.21. The number of piperazine rings is 1. The predicted molar refractivity (Wildman–Crippen MR) is 116 cm³/mol. The number of carbonyl (C=O) groups is 2. The number of anilines is 3. The summed E-state index contributed by atoms with van der Waals surface area (Å²) in [5.41, 5.74) is 2.15. The van der Waals surface area contributed by atoms with Crippen molar-refractivity contribution in [3.8, 4) is 0 Å². The largest absolute Gasteiger partial charge is 0.469 e. The summed E-state index contributed by atoms with van der Waals surface area (Å²) in [5, 5.41) is 3.32. The third-order valence-electron chi connectivity index (χ3n) is 5.85. The second-order valence-corrected chi connectivity index (χ2v) is 7.86. The van der Waals surface area contributed by atoms with E-state index in [4.69, 9.17) is 14.4 Å². The van der Waals surface area contributed by atoms with Crippen LogP contribution >= 0.6 is 0 Å². The molecule has 1 aliphatic carbocycles. The molecule has 0 bridgehead atoms. The number of carbonyl (C=O) groups excluding carboxylic acids is 2. The van der Waals surface area contributed by atoms with Crippen molar-refractivity contribution in [2.24, 2.45) is 0 Å². The molecule has 158 valence electrons. The maximum atomic E-state index is 13.2. The van der Waals surface area contributed by atoms with Crippen molar-refractivity contribution < 1.29 is 14.0 Å². The Morgan fingerprint density at radius 3 is 2.52 bits per heavy atom. The van der Waals surface area contributed by atoms with Crippen LogP contribution < -0.4 is 10.2 Å². The van der Waals surface area contributed by atoms with Gasteiger partial charge in [-0.3, -0.25) is 9.59 Å². The molecule has 3 heterocycles. The standard InChI is InChI=1S/C23H23N5O3/c29-15-27-8-10-28(11-9-27)23-25-18-13-16(20-7-4-12-31-20)14-19(30)21(18)22(26-23)24-17-5-2-1-3-6-17/h1-7,12,15-16H,8-11,13-14H2,(H,24,25,26). The highest BCUT2D eigenvalue weighted by molar-refractivity contribution is 6.03. The Morgan fingerprint density at radius 2 is 1.81 bits per heavy atom. The van der Waals surface area contributed by atoms with Crippen LogP contribution in [0.15, 0.2) is 53.1 Å². The van der Waals surface area contributed by atoms with Gasteiger partial charge in [-0.05, 0) is 24.3 Å². The van der Waals surface area contributed by atoms with Gasteiger partial charge in [0.2, 0.25) is 12.4 Å². The van der Waals surface area contributed by atoms with Crippen LogP contribution in [-0.4, -0.2) is 53.2 Å². The zero-order valence-corrected chi connectivity index (χ0v) is 17.0. The fraction of sp³-hybridized carbons (Fsp3) is 0.304. The Morgan fingerprint density at radius 1 is 1.00 bits per heavy atom. The molecule has 8 heteroatoms. The van der Waals surface area contributed by atoms with Crippen LogP contribution in [0.3, 0.4) is 0 Å². The number of benzene rings is 1. The number of fused-ring (bicyclic) bond motifs is 1. The van der Waals surface area contributed by atoms with Crippen LogP contribution in [0.25, 0.3) is 0 Å². The van der Waals surface area contributed by atoms with Crippen LogP contribution in [0.2, 0.25) is 0 Å². The lowest BCUT2D eigenvalue weighted by molar-refractivity contribution is -0.118. The minimum atomic E-state index is -0.0331. The number of para-hydroxylation sites is 1. The second kappa shape index (κ2) is 8.22. The second-order valence-electron chi connectivity index (χ2n) is 7.86. The van der Waals surface area contributed by atoms with Gasteiger partial charge in [-0.2, -0.15) is 4.98 Å². The summed E-state index contributed by atoms with van der Waals surface area (Å²) >= 11 is 0. The van der Waals surface area contributed by atoms with Gasteiger partial charge in [-0.25, -0.2) is 4.98 Å². The van der Waals surface area contributed by atoms with Crippen molar-refractivity contribution in [1.29, 1.82) is 0 Å². The summed E-state index contributed by atoms with van der Waals surface area (Å²) in [6.07, 6.45) is 3.49. The van der Waals surface area contributed by atoms with Gasteiger partial charge < -0.3 is 19.5 Å². The highest BCUT2D eigenvalue weighted by Crippen LogP contribution is 2.36. The highest BCUT2D eigenvalue weighted by Gasteiger charge is 2.33. The predicted octanol–water partition coefficient (Wildman–Crippen LogP) is 3.00. The molecule has 1 aromatic carbocycles. The molecule has 0 spiro atoms. The summed E-state index contributed by atoms with van der Waals surface area (Å²) in [4.78, 5) is 37.6. The van der Waals surface area contributed by atoms with Crippen molar-refractivity contribution in [1.82, 2.24) is 14.9 Å². The van der Waals surface area contributed by atoms with E-state index in [-0.39, 0.29) is 11.7 Å². The molecule has 1 amide bonds. The third-order valence-corrected chi connectivity index (χ3v) is 5.85. The summed E-state index contributed by atoms with van der Waals surface area (Å²) in [6.45, 7) is 2.55. The molecule has 1 aliphatic heterocycles. The maximum absolute atomic E-state index is 13.2. The van der Waals surface area contributed by atoms with E-state index in [1.54, 1.807) is 11.2 Å². The lowest BCUT2D eigenvalue weighted by atomic mass is 9.84. The smallest absolute Gasteiger partial charge is 0.227 e. The molecule has 2 aromatic heterocycles. The van der Waals surface area contributed by atoms with Crippen molar-refractivity contribution in [2.75, 3.05) is 36.4 Å². The lowest BCUT2D eigenvalue weighted by Gasteiger charge is -2.33. The molecule has 1 atom stereocenters. The Hall–Kier alpha value is -3.68. The minimum absolute atomic E-state index is 0.0124. The molecule has 8 nitrogen and oxygen atoms in total. The number of hydrogen-bond donors (Lipinski definition) is 1. The van der Waals surface area contributed by atoms with Crippen LogP contribution in [0, 0.1) is 0 Å². The number of Topliss-reactive ketones (excluding diaryl/α,β-unsaturated/α-hetero) is 1. The Kier molecular flexibility index (Phi) is 5.11. The van der Waals surface area contributed by atoms with Gasteiger partial charge in [0.1, 0.15) is 11.6 Å². The third kappa shape index (κ3) is 3.88. The number of ketones is 1. The van der Waals surface area contributed by atoms with E-state index >= 15 is 0 Å². The zero-order valence-electron chi connectivity index (χ0n) is 17.0. The van der Waals surface area contributed by atoms with Crippen LogP contribution in [0.5, 0.6) is 0 Å². The minimum Gasteiger partial charge on any atom is -0.469 e. The van der Waals surface area contributed by atoms with Gasteiger partial charge in [0.15, 0.2) is 5.78 Å². The molecule has 0 radical (unpaired) electrons. The Labute approximate surface area is 179 Å². The quantitative estimate of drug-likeness (QED) is 0.638. The maximum Gasteiger partial charge on any atom is 0.227 e. The molecular formula is C23H23N5O3. The van der Waals surface area contributed by atoms with E-state index in [1.165, 1.54) is 0 Å². The molecule has 1 saturated heterocycles. The van der Waals surface area contributed by atoms with Gasteiger partial charge in [0, 0.05) is 50.6 Å². The van der Waals surface area contributed by atoms with Crippen molar-refractivity contribution in [3.05, 3.63) is 65.7 Å². The average molecular weight is 417 g/mol. The van der Waals surface area contributed by atoms with E-state index in [0.29, 0.717) is 56.4 Å². The SMILES string of the molecule is O=CN1CCN(c2nc3c(c(Nc4ccccc4)n2)C(=O)CC(c2ccco2)C3)CC1. The first-order valence-corrected chi connectivity index (χ1v) is 10.4. The normalized spacial score (nSPS) is 18.6. The number of nitrogens with one attached hydrogen (secondary N) is 1. The highest BCUT2D eigenvalue weighted by atomic mass is 16.3. The van der Waals surface area contributed by atoms with Crippen molar-refractivity contribution in [2.45, 2.75) is 18.8 Å². The van der Waals surface area contributed by atoms with Crippen LogP contribution in [0.4, 0.5) is 17.5 Å². The topological polar surface area (TPSA) is 91.6 Å². The molecule has 31 heavy (non-hydrogen) atoms. The first-order valence-electron chi connectivity index (χ1n) is 10.4. The molecule has 0 saturated carbocycles. The molecule has 3 aromatic rings. The molecule has 5 rings (SSSR count). The number of nitrogens with zero attached hydrogens (tertiary/aromatic N) is 4. The first-order chi connectivity index (χ1) is 15.2. The van der Waals surface area contributed by atoms with E-state index in [1.807, 2.05) is 42.5 Å². The van der Waals surface area contributed by atoms with Crippen LogP contribution in [-0.2, 0) is 11.2 Å². The summed E-state index contributed by atoms with van der Waals surface area (Å²) < 4.78 is 5.57. The molecule has 2 aliphatic rings. The Bertz CT molecular complexity index is 1080. The van der Waals surface area contributed by atoms with E-state index in [0.717, 1.165) is 23.6 Å². The van der Waals surface area contributed by atoms with Gasteiger partial charge in [0.25, 0.3) is 0 Å². The molecule has 1 unspecified atom stereocenters. The van der Waals surface area contributed by atoms with Crippen molar-refractivity contribution in [3.63, 3.8) is 0 Å². The van der Waals surface area contributed by atoms with Gasteiger partial charge >= 0.3 is 0 Å². The van der Waals surface area contributed by atoms with E-state index < -0.39 is 0 Å². The van der Waals surface area contributed by atoms with Gasteiger partial charge in [-0.15, -0.1) is 0 Å². The number of aromatic nitrogens is 2.